The minimum atomic E-state index is -0.0584. The Bertz CT molecular complexity index is 723. The Balaban J connectivity index is 1.65. The summed E-state index contributed by atoms with van der Waals surface area (Å²) in [7, 11) is 0. The summed E-state index contributed by atoms with van der Waals surface area (Å²) in [5.74, 6) is 0.804. The number of hydrogen-bond acceptors (Lipinski definition) is 3. The van der Waals surface area contributed by atoms with Crippen LogP contribution >= 0.6 is 0 Å². The van der Waals surface area contributed by atoms with Crippen molar-refractivity contribution < 1.29 is 9.53 Å². The normalized spacial score (nSPS) is 14.3. The van der Waals surface area contributed by atoms with Gasteiger partial charge < -0.3 is 15.4 Å². The Labute approximate surface area is 143 Å². The lowest BCUT2D eigenvalue weighted by atomic mass is 10.0. The molecule has 0 saturated carbocycles. The number of fused-ring (bicyclic) bond motifs is 1. The monoisotopic (exact) mass is 324 g/mol. The Kier molecular flexibility index (Phi) is 4.86. The van der Waals surface area contributed by atoms with Crippen molar-refractivity contribution in [3.8, 4) is 5.75 Å². The van der Waals surface area contributed by atoms with Gasteiger partial charge in [-0.15, -0.1) is 0 Å². The van der Waals surface area contributed by atoms with E-state index in [0.717, 1.165) is 24.4 Å². The fourth-order valence-electron chi connectivity index (χ4n) is 2.91. The zero-order valence-electron chi connectivity index (χ0n) is 14.4. The molecular weight excluding hydrogens is 300 g/mol. The molecular formula is C20H24N2O2. The largest absolute Gasteiger partial charge is 0.491 e. The van der Waals surface area contributed by atoms with Crippen LogP contribution in [-0.4, -0.2) is 12.0 Å². The van der Waals surface area contributed by atoms with Gasteiger partial charge in [0, 0.05) is 18.7 Å². The van der Waals surface area contributed by atoms with Gasteiger partial charge in [0.25, 0.3) is 5.91 Å². The molecule has 24 heavy (non-hydrogen) atoms. The fraction of sp³-hybridized carbons (Fsp3) is 0.350. The zero-order valence-corrected chi connectivity index (χ0v) is 14.4. The van der Waals surface area contributed by atoms with Gasteiger partial charge in [0.1, 0.15) is 5.75 Å². The van der Waals surface area contributed by atoms with E-state index >= 15 is 0 Å². The molecule has 0 fully saturated rings. The molecule has 3 rings (SSSR count). The van der Waals surface area contributed by atoms with Gasteiger partial charge in [-0.05, 0) is 61.7 Å². The number of hydrogen-bond donors (Lipinski definition) is 2. The molecule has 0 spiro atoms. The lowest BCUT2D eigenvalue weighted by Gasteiger charge is -2.16. The Morgan fingerprint density at radius 1 is 1.04 bits per heavy atom. The highest BCUT2D eigenvalue weighted by atomic mass is 16.5. The Hall–Kier alpha value is -2.33. The van der Waals surface area contributed by atoms with Crippen LogP contribution in [-0.2, 0) is 13.1 Å². The summed E-state index contributed by atoms with van der Waals surface area (Å²) in [6, 6.07) is 13.7. The second-order valence-corrected chi connectivity index (χ2v) is 6.52. The molecule has 0 aromatic heterocycles. The molecule has 2 aromatic carbocycles. The van der Waals surface area contributed by atoms with E-state index in [0.29, 0.717) is 5.56 Å². The lowest BCUT2D eigenvalue weighted by Crippen LogP contribution is -2.26. The molecule has 1 aliphatic heterocycles. The highest BCUT2D eigenvalue weighted by Crippen LogP contribution is 2.20. The third kappa shape index (κ3) is 3.77. The summed E-state index contributed by atoms with van der Waals surface area (Å²) in [5.41, 5.74) is 4.26. The highest BCUT2D eigenvalue weighted by Gasteiger charge is 2.15. The smallest absolute Gasteiger partial charge is 0.251 e. The van der Waals surface area contributed by atoms with Gasteiger partial charge in [-0.2, -0.15) is 0 Å². The molecule has 0 bridgehead atoms. The number of carbonyl (C=O) groups is 1. The molecule has 2 N–H and O–H groups in total. The van der Waals surface area contributed by atoms with Crippen molar-refractivity contribution in [3.63, 3.8) is 0 Å². The fourth-order valence-corrected chi connectivity index (χ4v) is 2.91. The number of nitrogens with one attached hydrogen (secondary N) is 2. The SMILES string of the molecule is CC(C)Oc1ccc(C(C)NC(=O)c2ccc3c(c2)CNC3)cc1. The second-order valence-electron chi connectivity index (χ2n) is 6.52. The van der Waals surface area contributed by atoms with E-state index in [4.69, 9.17) is 4.74 Å². The lowest BCUT2D eigenvalue weighted by molar-refractivity contribution is 0.0940. The van der Waals surface area contributed by atoms with Crippen molar-refractivity contribution in [1.29, 1.82) is 0 Å². The van der Waals surface area contributed by atoms with Crippen LogP contribution in [0.2, 0.25) is 0 Å². The maximum absolute atomic E-state index is 12.5. The average Bonchev–Trinajstić information content (AvgIpc) is 3.02. The van der Waals surface area contributed by atoms with E-state index in [2.05, 4.69) is 10.6 Å². The molecule has 1 atom stereocenters. The standard InChI is InChI=1S/C20H24N2O2/c1-13(2)24-19-8-6-15(7-9-19)14(3)22-20(23)16-4-5-17-11-21-12-18(17)10-16/h4-10,13-14,21H,11-12H2,1-3H3,(H,22,23). The quantitative estimate of drug-likeness (QED) is 0.884. The first-order valence-electron chi connectivity index (χ1n) is 8.43. The van der Waals surface area contributed by atoms with Crippen LogP contribution < -0.4 is 15.4 Å². The Morgan fingerprint density at radius 2 is 1.75 bits per heavy atom. The van der Waals surface area contributed by atoms with Crippen LogP contribution in [0.1, 0.15) is 53.9 Å². The molecule has 2 aromatic rings. The van der Waals surface area contributed by atoms with Gasteiger partial charge in [0.2, 0.25) is 0 Å². The van der Waals surface area contributed by atoms with E-state index in [1.54, 1.807) is 0 Å². The predicted molar refractivity (Wildman–Crippen MR) is 95.1 cm³/mol. The van der Waals surface area contributed by atoms with Crippen molar-refractivity contribution in [1.82, 2.24) is 10.6 Å². The third-order valence-corrected chi connectivity index (χ3v) is 4.20. The van der Waals surface area contributed by atoms with E-state index in [1.807, 2.05) is 63.2 Å². The molecule has 1 aliphatic rings. The van der Waals surface area contributed by atoms with Gasteiger partial charge >= 0.3 is 0 Å². The molecule has 0 saturated heterocycles. The molecule has 1 heterocycles. The number of ether oxygens (including phenoxy) is 1. The summed E-state index contributed by atoms with van der Waals surface area (Å²) >= 11 is 0. The van der Waals surface area contributed by atoms with E-state index in [-0.39, 0.29) is 18.1 Å². The summed E-state index contributed by atoms with van der Waals surface area (Å²) < 4.78 is 5.65. The Morgan fingerprint density at radius 3 is 2.46 bits per heavy atom. The van der Waals surface area contributed by atoms with Gasteiger partial charge in [0.05, 0.1) is 12.1 Å². The van der Waals surface area contributed by atoms with Crippen LogP contribution in [0.4, 0.5) is 0 Å². The first-order chi connectivity index (χ1) is 11.5. The molecule has 4 nitrogen and oxygen atoms in total. The first-order valence-corrected chi connectivity index (χ1v) is 8.43. The molecule has 0 radical (unpaired) electrons. The zero-order chi connectivity index (χ0) is 17.1. The van der Waals surface area contributed by atoms with Gasteiger partial charge in [-0.3, -0.25) is 4.79 Å². The number of amides is 1. The summed E-state index contributed by atoms with van der Waals surface area (Å²) in [4.78, 5) is 12.5. The number of carbonyl (C=O) groups excluding carboxylic acids is 1. The maximum Gasteiger partial charge on any atom is 0.251 e. The third-order valence-electron chi connectivity index (χ3n) is 4.20. The van der Waals surface area contributed by atoms with Crippen molar-refractivity contribution in [2.75, 3.05) is 0 Å². The van der Waals surface area contributed by atoms with Crippen molar-refractivity contribution in [2.24, 2.45) is 0 Å². The molecule has 0 aliphatic carbocycles. The topological polar surface area (TPSA) is 50.4 Å². The van der Waals surface area contributed by atoms with Crippen LogP contribution in [0, 0.1) is 0 Å². The molecule has 126 valence electrons. The van der Waals surface area contributed by atoms with Crippen molar-refractivity contribution >= 4 is 5.91 Å². The van der Waals surface area contributed by atoms with E-state index in [9.17, 15) is 4.79 Å². The summed E-state index contributed by atoms with van der Waals surface area (Å²) in [6.07, 6.45) is 0.155. The number of rotatable bonds is 5. The van der Waals surface area contributed by atoms with Gasteiger partial charge in [0.15, 0.2) is 0 Å². The minimum Gasteiger partial charge on any atom is -0.491 e. The molecule has 1 unspecified atom stereocenters. The number of benzene rings is 2. The van der Waals surface area contributed by atoms with Crippen LogP contribution in [0.5, 0.6) is 5.75 Å². The predicted octanol–water partition coefficient (Wildman–Crippen LogP) is 3.57. The maximum atomic E-state index is 12.5. The van der Waals surface area contributed by atoms with Crippen molar-refractivity contribution in [2.45, 2.75) is 46.0 Å². The summed E-state index contributed by atoms with van der Waals surface area (Å²) in [5, 5.41) is 6.36. The molecule has 4 heteroatoms. The van der Waals surface area contributed by atoms with Crippen molar-refractivity contribution in [3.05, 3.63) is 64.7 Å². The first kappa shape index (κ1) is 16.5. The highest BCUT2D eigenvalue weighted by molar-refractivity contribution is 5.94. The summed E-state index contributed by atoms with van der Waals surface area (Å²) in [6.45, 7) is 7.72. The van der Waals surface area contributed by atoms with Crippen LogP contribution in [0.3, 0.4) is 0 Å². The van der Waals surface area contributed by atoms with Gasteiger partial charge in [-0.1, -0.05) is 18.2 Å². The van der Waals surface area contributed by atoms with Crippen LogP contribution in [0.15, 0.2) is 42.5 Å². The van der Waals surface area contributed by atoms with Crippen LogP contribution in [0.25, 0.3) is 0 Å². The molecule has 1 amide bonds. The second kappa shape index (κ2) is 7.05. The average molecular weight is 324 g/mol. The van der Waals surface area contributed by atoms with Gasteiger partial charge in [-0.25, -0.2) is 0 Å². The van der Waals surface area contributed by atoms with E-state index in [1.165, 1.54) is 11.1 Å². The minimum absolute atomic E-state index is 0.0419. The van der Waals surface area contributed by atoms with E-state index < -0.39 is 0 Å².